The van der Waals surface area contributed by atoms with Gasteiger partial charge in [-0.3, -0.25) is 5.32 Å². The first-order valence-electron chi connectivity index (χ1n) is 5.81. The number of hydrogen-bond donors (Lipinski definition) is 1. The summed E-state index contributed by atoms with van der Waals surface area (Å²) in [4.78, 5) is 11.7. The number of amides is 1. The molecule has 1 aromatic rings. The molecule has 0 unspecified atom stereocenters. The molecule has 0 radical (unpaired) electrons. The molecule has 0 saturated heterocycles. The van der Waals surface area contributed by atoms with E-state index in [1.807, 2.05) is 26.8 Å². The highest BCUT2D eigenvalue weighted by molar-refractivity contribution is 9.10. The summed E-state index contributed by atoms with van der Waals surface area (Å²) in [6.07, 6.45) is 0.391. The summed E-state index contributed by atoms with van der Waals surface area (Å²) >= 11 is 3.49. The molecule has 2 rings (SSSR count). The van der Waals surface area contributed by atoms with E-state index < -0.39 is 11.7 Å². The lowest BCUT2D eigenvalue weighted by atomic mass is 10.1. The summed E-state index contributed by atoms with van der Waals surface area (Å²) in [7, 11) is 0. The molecule has 0 spiro atoms. The Morgan fingerprint density at radius 2 is 2.17 bits per heavy atom. The Balaban J connectivity index is 2.13. The van der Waals surface area contributed by atoms with Gasteiger partial charge in [0.25, 0.3) is 0 Å². The van der Waals surface area contributed by atoms with Crippen molar-refractivity contribution in [3.63, 3.8) is 0 Å². The molecular weight excluding hydrogens is 298 g/mol. The second-order valence-electron chi connectivity index (χ2n) is 5.13. The van der Waals surface area contributed by atoms with E-state index in [2.05, 4.69) is 21.2 Å². The van der Waals surface area contributed by atoms with Crippen molar-refractivity contribution in [3.8, 4) is 5.75 Å². The monoisotopic (exact) mass is 313 g/mol. The van der Waals surface area contributed by atoms with Gasteiger partial charge in [-0.1, -0.05) is 0 Å². The van der Waals surface area contributed by atoms with E-state index in [0.29, 0.717) is 12.3 Å². The number of fused-ring (bicyclic) bond motifs is 1. The molecule has 1 aliphatic heterocycles. The van der Waals surface area contributed by atoms with Gasteiger partial charge >= 0.3 is 6.09 Å². The van der Waals surface area contributed by atoms with E-state index in [4.69, 9.17) is 9.47 Å². The number of carbonyl (C=O) groups is 1. The summed E-state index contributed by atoms with van der Waals surface area (Å²) in [6.45, 7) is 6.18. The highest BCUT2D eigenvalue weighted by atomic mass is 79.9. The van der Waals surface area contributed by atoms with Crippen LogP contribution in [-0.2, 0) is 11.2 Å². The SMILES string of the molecule is CC(C)(C)OC(=O)Nc1ccc2c(c1Br)CCO2. The van der Waals surface area contributed by atoms with E-state index in [1.165, 1.54) is 0 Å². The lowest BCUT2D eigenvalue weighted by Crippen LogP contribution is -2.27. The molecule has 0 bridgehead atoms. The van der Waals surface area contributed by atoms with Gasteiger partial charge < -0.3 is 9.47 Å². The third-order valence-corrected chi connectivity index (χ3v) is 3.35. The Labute approximate surface area is 115 Å². The fourth-order valence-electron chi connectivity index (χ4n) is 1.74. The molecule has 0 aromatic heterocycles. The topological polar surface area (TPSA) is 47.6 Å². The Morgan fingerprint density at radius 1 is 1.44 bits per heavy atom. The van der Waals surface area contributed by atoms with Crippen molar-refractivity contribution < 1.29 is 14.3 Å². The quantitative estimate of drug-likeness (QED) is 0.859. The Bertz CT molecular complexity index is 480. The van der Waals surface area contributed by atoms with Gasteiger partial charge in [0.1, 0.15) is 11.4 Å². The molecule has 0 fully saturated rings. The first kappa shape index (κ1) is 13.2. The van der Waals surface area contributed by atoms with Gasteiger partial charge in [-0.25, -0.2) is 4.79 Å². The van der Waals surface area contributed by atoms with Gasteiger partial charge in [0, 0.05) is 16.5 Å². The highest BCUT2D eigenvalue weighted by Crippen LogP contribution is 2.37. The van der Waals surface area contributed by atoms with Crippen LogP contribution in [0, 0.1) is 0 Å². The smallest absolute Gasteiger partial charge is 0.412 e. The summed E-state index contributed by atoms with van der Waals surface area (Å²) in [5.74, 6) is 0.872. The molecule has 18 heavy (non-hydrogen) atoms. The zero-order chi connectivity index (χ0) is 13.3. The maximum absolute atomic E-state index is 11.7. The minimum Gasteiger partial charge on any atom is -0.493 e. The van der Waals surface area contributed by atoms with Crippen molar-refractivity contribution in [2.24, 2.45) is 0 Å². The maximum atomic E-state index is 11.7. The third kappa shape index (κ3) is 2.96. The Kier molecular flexibility index (Phi) is 3.52. The summed E-state index contributed by atoms with van der Waals surface area (Å²) in [6, 6.07) is 3.66. The lowest BCUT2D eigenvalue weighted by Gasteiger charge is -2.20. The molecule has 0 atom stereocenters. The minimum atomic E-state index is -0.504. The lowest BCUT2D eigenvalue weighted by molar-refractivity contribution is 0.0636. The predicted molar refractivity (Wildman–Crippen MR) is 73.2 cm³/mol. The number of anilines is 1. The van der Waals surface area contributed by atoms with Crippen molar-refractivity contribution in [1.29, 1.82) is 0 Å². The van der Waals surface area contributed by atoms with Crippen LogP contribution in [0.4, 0.5) is 10.5 Å². The van der Waals surface area contributed by atoms with Crippen LogP contribution in [0.15, 0.2) is 16.6 Å². The van der Waals surface area contributed by atoms with Gasteiger partial charge in [0.2, 0.25) is 0 Å². The molecule has 1 aromatic carbocycles. The van der Waals surface area contributed by atoms with Crippen LogP contribution >= 0.6 is 15.9 Å². The maximum Gasteiger partial charge on any atom is 0.412 e. The fourth-order valence-corrected chi connectivity index (χ4v) is 2.37. The molecule has 5 heteroatoms. The number of nitrogens with one attached hydrogen (secondary N) is 1. The normalized spacial score (nSPS) is 13.8. The average molecular weight is 314 g/mol. The van der Waals surface area contributed by atoms with E-state index in [-0.39, 0.29) is 0 Å². The van der Waals surface area contributed by atoms with Gasteiger partial charge in [0.05, 0.1) is 12.3 Å². The fraction of sp³-hybridized carbons (Fsp3) is 0.462. The standard InChI is InChI=1S/C13H16BrNO3/c1-13(2,3)18-12(16)15-9-4-5-10-8(11(9)14)6-7-17-10/h4-5H,6-7H2,1-3H3,(H,15,16). The molecule has 1 N–H and O–H groups in total. The third-order valence-electron chi connectivity index (χ3n) is 2.45. The Morgan fingerprint density at radius 3 is 2.83 bits per heavy atom. The largest absolute Gasteiger partial charge is 0.493 e. The van der Waals surface area contributed by atoms with Crippen LogP contribution in [0.25, 0.3) is 0 Å². The molecule has 1 heterocycles. The average Bonchev–Trinajstić information content (AvgIpc) is 2.68. The summed E-state index contributed by atoms with van der Waals surface area (Å²) < 4.78 is 11.5. The van der Waals surface area contributed by atoms with Crippen LogP contribution in [0.1, 0.15) is 26.3 Å². The van der Waals surface area contributed by atoms with Crippen LogP contribution in [0.2, 0.25) is 0 Å². The van der Waals surface area contributed by atoms with Gasteiger partial charge in [0.15, 0.2) is 0 Å². The Hall–Kier alpha value is -1.23. The molecule has 4 nitrogen and oxygen atoms in total. The molecule has 0 aliphatic carbocycles. The number of carbonyl (C=O) groups excluding carboxylic acids is 1. The molecule has 1 aliphatic rings. The molecule has 0 saturated carbocycles. The highest BCUT2D eigenvalue weighted by Gasteiger charge is 2.21. The predicted octanol–water partition coefficient (Wildman–Crippen LogP) is 3.73. The van der Waals surface area contributed by atoms with Crippen molar-refractivity contribution in [3.05, 3.63) is 22.2 Å². The number of ether oxygens (including phenoxy) is 2. The van der Waals surface area contributed by atoms with Crippen LogP contribution in [0.3, 0.4) is 0 Å². The van der Waals surface area contributed by atoms with Gasteiger partial charge in [-0.05, 0) is 48.8 Å². The number of rotatable bonds is 1. The summed E-state index contributed by atoms with van der Waals surface area (Å²) in [5.41, 5.74) is 1.29. The minimum absolute atomic E-state index is 0.456. The number of benzene rings is 1. The van der Waals surface area contributed by atoms with Gasteiger partial charge in [-0.15, -0.1) is 0 Å². The number of halogens is 1. The molecule has 1 amide bonds. The zero-order valence-electron chi connectivity index (χ0n) is 10.7. The van der Waals surface area contributed by atoms with Crippen molar-refractivity contribution in [2.75, 3.05) is 11.9 Å². The van der Waals surface area contributed by atoms with Crippen LogP contribution in [-0.4, -0.2) is 18.3 Å². The van der Waals surface area contributed by atoms with Crippen molar-refractivity contribution in [2.45, 2.75) is 32.8 Å². The van der Waals surface area contributed by atoms with Crippen LogP contribution < -0.4 is 10.1 Å². The van der Waals surface area contributed by atoms with E-state index in [0.717, 1.165) is 22.2 Å². The van der Waals surface area contributed by atoms with E-state index >= 15 is 0 Å². The van der Waals surface area contributed by atoms with E-state index in [9.17, 15) is 4.79 Å². The van der Waals surface area contributed by atoms with Gasteiger partial charge in [-0.2, -0.15) is 0 Å². The van der Waals surface area contributed by atoms with E-state index in [1.54, 1.807) is 6.07 Å². The second-order valence-corrected chi connectivity index (χ2v) is 5.92. The zero-order valence-corrected chi connectivity index (χ0v) is 12.3. The number of hydrogen-bond acceptors (Lipinski definition) is 3. The second kappa shape index (κ2) is 4.80. The first-order chi connectivity index (χ1) is 8.37. The molecular formula is C13H16BrNO3. The summed E-state index contributed by atoms with van der Waals surface area (Å²) in [5, 5.41) is 2.73. The van der Waals surface area contributed by atoms with Crippen LogP contribution in [0.5, 0.6) is 5.75 Å². The molecule has 98 valence electrons. The first-order valence-corrected chi connectivity index (χ1v) is 6.60. The van der Waals surface area contributed by atoms with Crippen molar-refractivity contribution in [1.82, 2.24) is 0 Å². The van der Waals surface area contributed by atoms with Crippen molar-refractivity contribution >= 4 is 27.7 Å².